The predicted octanol–water partition coefficient (Wildman–Crippen LogP) is 4.00. The molecule has 0 radical (unpaired) electrons. The van der Waals surface area contributed by atoms with Crippen LogP contribution in [0.4, 0.5) is 0 Å². The predicted molar refractivity (Wildman–Crippen MR) is 118 cm³/mol. The smallest absolute Gasteiger partial charge is 0.164 e. The second kappa shape index (κ2) is 8.89. The molecule has 1 aliphatic heterocycles. The third-order valence-electron chi connectivity index (χ3n) is 6.13. The van der Waals surface area contributed by atoms with Crippen LogP contribution in [0.5, 0.6) is 11.5 Å². The second-order valence-corrected chi connectivity index (χ2v) is 7.91. The van der Waals surface area contributed by atoms with Crippen LogP contribution in [0.15, 0.2) is 48.7 Å². The van der Waals surface area contributed by atoms with Crippen molar-refractivity contribution in [3.63, 3.8) is 0 Å². The average molecular weight is 394 g/mol. The Kier molecular flexibility index (Phi) is 6.07. The number of benzene rings is 2. The van der Waals surface area contributed by atoms with Crippen LogP contribution in [0, 0.1) is 0 Å². The van der Waals surface area contributed by atoms with Crippen molar-refractivity contribution in [3.8, 4) is 11.5 Å². The number of hydrogen-bond acceptors (Lipinski definition) is 4. The Bertz CT molecular complexity index is 944. The highest BCUT2D eigenvalue weighted by atomic mass is 16.5. The number of aromatic amines is 1. The Morgan fingerprint density at radius 2 is 1.83 bits per heavy atom. The number of piperidine rings is 1. The first-order chi connectivity index (χ1) is 14.2. The molecule has 0 amide bonds. The van der Waals surface area contributed by atoms with E-state index < -0.39 is 0 Å². The molecule has 0 aliphatic carbocycles. The summed E-state index contributed by atoms with van der Waals surface area (Å²) in [5, 5.41) is 5.10. The van der Waals surface area contributed by atoms with E-state index in [1.807, 2.05) is 12.1 Å². The van der Waals surface area contributed by atoms with E-state index in [4.69, 9.17) is 9.47 Å². The van der Waals surface area contributed by atoms with Crippen molar-refractivity contribution in [1.82, 2.24) is 15.2 Å². The third kappa shape index (κ3) is 4.11. The molecule has 1 aromatic heterocycles. The van der Waals surface area contributed by atoms with Gasteiger partial charge in [-0.1, -0.05) is 30.3 Å². The van der Waals surface area contributed by atoms with Crippen molar-refractivity contribution in [2.75, 3.05) is 40.9 Å². The van der Waals surface area contributed by atoms with E-state index in [9.17, 15) is 0 Å². The van der Waals surface area contributed by atoms with E-state index in [-0.39, 0.29) is 5.92 Å². The van der Waals surface area contributed by atoms with Crippen molar-refractivity contribution >= 4 is 10.9 Å². The van der Waals surface area contributed by atoms with Gasteiger partial charge in [-0.05, 0) is 50.7 Å². The molecule has 154 valence electrons. The van der Waals surface area contributed by atoms with Gasteiger partial charge in [-0.3, -0.25) is 0 Å². The maximum atomic E-state index is 5.79. The number of fused-ring (bicyclic) bond motifs is 1. The normalized spacial score (nSPS) is 16.8. The highest BCUT2D eigenvalue weighted by Gasteiger charge is 2.25. The van der Waals surface area contributed by atoms with Crippen LogP contribution < -0.4 is 14.8 Å². The van der Waals surface area contributed by atoms with Gasteiger partial charge in [-0.15, -0.1) is 0 Å². The number of likely N-dealkylation sites (tertiary alicyclic amines) is 1. The number of hydrogen-bond donors (Lipinski definition) is 2. The Morgan fingerprint density at radius 1 is 1.03 bits per heavy atom. The van der Waals surface area contributed by atoms with Crippen molar-refractivity contribution in [2.45, 2.75) is 24.8 Å². The molecule has 4 rings (SSSR count). The maximum Gasteiger partial charge on any atom is 0.164 e. The molecule has 1 saturated heterocycles. The topological polar surface area (TPSA) is 49.5 Å². The van der Waals surface area contributed by atoms with Gasteiger partial charge in [-0.2, -0.15) is 0 Å². The number of ether oxygens (including phenoxy) is 2. The highest BCUT2D eigenvalue weighted by molar-refractivity contribution is 5.84. The van der Waals surface area contributed by atoms with Crippen molar-refractivity contribution < 1.29 is 9.47 Å². The summed E-state index contributed by atoms with van der Waals surface area (Å²) in [5.74, 6) is 1.75. The van der Waals surface area contributed by atoms with E-state index in [2.05, 4.69) is 58.8 Å². The third-order valence-corrected chi connectivity index (χ3v) is 6.13. The molecule has 1 aliphatic rings. The van der Waals surface area contributed by atoms with Crippen LogP contribution in [-0.4, -0.2) is 56.8 Å². The fourth-order valence-electron chi connectivity index (χ4n) is 4.45. The summed E-state index contributed by atoms with van der Waals surface area (Å²) in [4.78, 5) is 5.84. The SMILES string of the molecule is COc1cccc([C@H](CNC2CCN(C)CC2)c2c[nH]c3ccccc23)c1OC. The average Bonchev–Trinajstić information content (AvgIpc) is 3.19. The van der Waals surface area contributed by atoms with Crippen LogP contribution in [0.3, 0.4) is 0 Å². The molecule has 0 saturated carbocycles. The number of para-hydroxylation sites is 2. The Labute approximate surface area is 173 Å². The first-order valence-electron chi connectivity index (χ1n) is 10.4. The lowest BCUT2D eigenvalue weighted by atomic mass is 9.89. The second-order valence-electron chi connectivity index (χ2n) is 7.91. The van der Waals surface area contributed by atoms with Crippen LogP contribution in [0.1, 0.15) is 29.9 Å². The molecule has 3 aromatic rings. The number of aromatic nitrogens is 1. The van der Waals surface area contributed by atoms with E-state index >= 15 is 0 Å². The van der Waals surface area contributed by atoms with Gasteiger partial charge >= 0.3 is 0 Å². The van der Waals surface area contributed by atoms with Gasteiger partial charge < -0.3 is 24.7 Å². The lowest BCUT2D eigenvalue weighted by molar-refractivity contribution is 0.234. The highest BCUT2D eigenvalue weighted by Crippen LogP contribution is 2.40. The maximum absolute atomic E-state index is 5.79. The van der Waals surface area contributed by atoms with Gasteiger partial charge in [0.05, 0.1) is 14.2 Å². The van der Waals surface area contributed by atoms with Crippen LogP contribution in [0.2, 0.25) is 0 Å². The van der Waals surface area contributed by atoms with Gasteiger partial charge in [0.1, 0.15) is 0 Å². The van der Waals surface area contributed by atoms with Crippen LogP contribution in [-0.2, 0) is 0 Å². The number of nitrogens with one attached hydrogen (secondary N) is 2. The number of H-pyrrole nitrogens is 1. The summed E-state index contributed by atoms with van der Waals surface area (Å²) in [7, 11) is 5.61. The molecular weight excluding hydrogens is 362 g/mol. The summed E-state index contributed by atoms with van der Waals surface area (Å²) < 4.78 is 11.4. The first kappa shape index (κ1) is 19.8. The Morgan fingerprint density at radius 3 is 2.59 bits per heavy atom. The molecule has 1 atom stereocenters. The lowest BCUT2D eigenvalue weighted by Crippen LogP contribution is -2.42. The number of rotatable bonds is 7. The zero-order valence-corrected chi connectivity index (χ0v) is 17.6. The van der Waals surface area contributed by atoms with Gasteiger partial charge in [0.25, 0.3) is 0 Å². The lowest BCUT2D eigenvalue weighted by Gasteiger charge is -2.31. The monoisotopic (exact) mass is 393 g/mol. The molecule has 5 nitrogen and oxygen atoms in total. The summed E-state index contributed by atoms with van der Waals surface area (Å²) >= 11 is 0. The molecule has 2 heterocycles. The largest absolute Gasteiger partial charge is 0.493 e. The van der Waals surface area contributed by atoms with E-state index in [0.717, 1.165) is 42.2 Å². The molecular formula is C24H31N3O2. The van der Waals surface area contributed by atoms with Crippen molar-refractivity contribution in [1.29, 1.82) is 0 Å². The van der Waals surface area contributed by atoms with Gasteiger partial charge in [0, 0.05) is 41.2 Å². The molecule has 29 heavy (non-hydrogen) atoms. The minimum Gasteiger partial charge on any atom is -0.493 e. The van der Waals surface area contributed by atoms with Crippen LogP contribution in [0.25, 0.3) is 10.9 Å². The first-order valence-corrected chi connectivity index (χ1v) is 10.4. The quantitative estimate of drug-likeness (QED) is 0.637. The minimum atomic E-state index is 0.163. The van der Waals surface area contributed by atoms with E-state index in [1.54, 1.807) is 14.2 Å². The van der Waals surface area contributed by atoms with Crippen molar-refractivity contribution in [2.24, 2.45) is 0 Å². The molecule has 2 N–H and O–H groups in total. The standard InChI is InChI=1S/C24H31N3O2/c1-27-13-11-17(12-14-27)25-15-21(19-8-6-10-23(28-2)24(19)29-3)20-16-26-22-9-5-4-7-18(20)22/h4-10,16-17,21,25-26H,11-15H2,1-3H3/t21-/m0/s1. The fraction of sp³-hybridized carbons (Fsp3) is 0.417. The molecule has 0 bridgehead atoms. The van der Waals surface area contributed by atoms with Crippen molar-refractivity contribution in [3.05, 3.63) is 59.8 Å². The van der Waals surface area contributed by atoms with Crippen LogP contribution >= 0.6 is 0 Å². The Hall–Kier alpha value is -2.50. The summed E-state index contributed by atoms with van der Waals surface area (Å²) in [6.07, 6.45) is 4.52. The number of nitrogens with zero attached hydrogens (tertiary/aromatic N) is 1. The molecule has 2 aromatic carbocycles. The van der Waals surface area contributed by atoms with Gasteiger partial charge in [-0.25, -0.2) is 0 Å². The molecule has 5 heteroatoms. The van der Waals surface area contributed by atoms with E-state index in [1.165, 1.54) is 23.8 Å². The molecule has 0 spiro atoms. The number of methoxy groups -OCH3 is 2. The minimum absolute atomic E-state index is 0.163. The summed E-state index contributed by atoms with van der Waals surface area (Å²) in [6, 6.07) is 15.2. The summed E-state index contributed by atoms with van der Waals surface area (Å²) in [6.45, 7) is 3.16. The van der Waals surface area contributed by atoms with Gasteiger partial charge in [0.15, 0.2) is 11.5 Å². The zero-order chi connectivity index (χ0) is 20.2. The zero-order valence-electron chi connectivity index (χ0n) is 17.6. The summed E-state index contributed by atoms with van der Waals surface area (Å²) in [5.41, 5.74) is 3.60. The van der Waals surface area contributed by atoms with Gasteiger partial charge in [0.2, 0.25) is 0 Å². The fourth-order valence-corrected chi connectivity index (χ4v) is 4.45. The van der Waals surface area contributed by atoms with E-state index in [0.29, 0.717) is 6.04 Å². The molecule has 1 fully saturated rings. The molecule has 0 unspecified atom stereocenters. The Balaban J connectivity index is 1.70.